The molecule has 4 aromatic heterocycles. The molecule has 1 aliphatic rings. The number of pyridine rings is 1. The zero-order chi connectivity index (χ0) is 21.5. The van der Waals surface area contributed by atoms with Gasteiger partial charge in [-0.25, -0.2) is 14.5 Å². The minimum atomic E-state index is -0.0246. The topological polar surface area (TPSA) is 92.7 Å². The van der Waals surface area contributed by atoms with Crippen molar-refractivity contribution in [3.05, 3.63) is 53.7 Å². The van der Waals surface area contributed by atoms with Gasteiger partial charge in [-0.05, 0) is 36.1 Å². The second-order valence-corrected chi connectivity index (χ2v) is 8.86. The van der Waals surface area contributed by atoms with E-state index in [0.717, 1.165) is 22.6 Å². The van der Waals surface area contributed by atoms with Crippen molar-refractivity contribution in [1.29, 1.82) is 0 Å². The van der Waals surface area contributed by atoms with Crippen LogP contribution in [0.25, 0.3) is 27.5 Å². The van der Waals surface area contributed by atoms with Crippen LogP contribution in [0.5, 0.6) is 0 Å². The van der Waals surface area contributed by atoms with E-state index in [0.29, 0.717) is 35.8 Å². The standard InChI is InChI=1S/C22H23N7OS/c1-27(2)20-11-14(22(30)28-7-5-15(23)13-28)10-18(25-20)16-12-24-29-8-6-17(26-21(16)29)19-4-3-9-31-19/h3-4,6,8-12,15H,5,7,13,23H2,1-2H3/t15-/m0/s1. The molecule has 0 spiro atoms. The van der Waals surface area contributed by atoms with E-state index in [2.05, 4.69) is 5.10 Å². The summed E-state index contributed by atoms with van der Waals surface area (Å²) in [4.78, 5) is 27.6. The summed E-state index contributed by atoms with van der Waals surface area (Å²) in [5, 5.41) is 6.48. The normalized spacial score (nSPS) is 16.2. The molecule has 0 radical (unpaired) electrons. The smallest absolute Gasteiger partial charge is 0.254 e. The van der Waals surface area contributed by atoms with Crippen molar-refractivity contribution in [1.82, 2.24) is 24.5 Å². The van der Waals surface area contributed by atoms with E-state index in [1.807, 2.05) is 65.8 Å². The van der Waals surface area contributed by atoms with Crippen molar-refractivity contribution in [3.63, 3.8) is 0 Å². The van der Waals surface area contributed by atoms with Gasteiger partial charge in [0.25, 0.3) is 5.91 Å². The summed E-state index contributed by atoms with van der Waals surface area (Å²) in [6.07, 6.45) is 4.48. The Hall–Kier alpha value is -3.30. The highest BCUT2D eigenvalue weighted by Crippen LogP contribution is 2.29. The van der Waals surface area contributed by atoms with Gasteiger partial charge in [0.1, 0.15) is 5.82 Å². The summed E-state index contributed by atoms with van der Waals surface area (Å²) < 4.78 is 1.73. The average Bonchev–Trinajstić information content (AvgIpc) is 3.53. The van der Waals surface area contributed by atoms with E-state index in [-0.39, 0.29) is 11.9 Å². The van der Waals surface area contributed by atoms with Gasteiger partial charge in [-0.1, -0.05) is 6.07 Å². The Balaban J connectivity index is 1.61. The van der Waals surface area contributed by atoms with E-state index in [9.17, 15) is 4.79 Å². The fraction of sp³-hybridized carbons (Fsp3) is 0.273. The molecule has 158 valence electrons. The number of rotatable bonds is 4. The number of fused-ring (bicyclic) bond motifs is 1. The SMILES string of the molecule is CN(C)c1cc(C(=O)N2CC[C@H](N)C2)cc(-c2cnn3ccc(-c4cccs4)nc23)n1. The molecule has 2 N–H and O–H groups in total. The van der Waals surface area contributed by atoms with Gasteiger partial charge in [0, 0.05) is 45.0 Å². The van der Waals surface area contributed by atoms with Crippen molar-refractivity contribution in [2.45, 2.75) is 12.5 Å². The predicted molar refractivity (Wildman–Crippen MR) is 122 cm³/mol. The summed E-state index contributed by atoms with van der Waals surface area (Å²) in [7, 11) is 3.82. The Morgan fingerprint density at radius 2 is 2.10 bits per heavy atom. The summed E-state index contributed by atoms with van der Waals surface area (Å²) >= 11 is 1.64. The number of hydrogen-bond acceptors (Lipinski definition) is 7. The van der Waals surface area contributed by atoms with Crippen molar-refractivity contribution in [2.75, 3.05) is 32.1 Å². The largest absolute Gasteiger partial charge is 0.363 e. The highest BCUT2D eigenvalue weighted by Gasteiger charge is 2.26. The summed E-state index contributed by atoms with van der Waals surface area (Å²) in [5.74, 6) is 0.682. The fourth-order valence-electron chi connectivity index (χ4n) is 3.77. The maximum Gasteiger partial charge on any atom is 0.254 e. The predicted octanol–water partition coefficient (Wildman–Crippen LogP) is 2.76. The first kappa shape index (κ1) is 19.7. The Morgan fingerprint density at radius 1 is 1.23 bits per heavy atom. The molecule has 8 nitrogen and oxygen atoms in total. The minimum Gasteiger partial charge on any atom is -0.363 e. The van der Waals surface area contributed by atoms with Gasteiger partial charge in [-0.15, -0.1) is 11.3 Å². The number of nitrogens with zero attached hydrogens (tertiary/aromatic N) is 6. The summed E-state index contributed by atoms with van der Waals surface area (Å²) in [5.41, 5.74) is 9.65. The maximum absolute atomic E-state index is 13.2. The summed E-state index contributed by atoms with van der Waals surface area (Å²) in [6, 6.07) is 9.69. The van der Waals surface area contributed by atoms with E-state index in [1.54, 1.807) is 22.0 Å². The molecule has 4 aromatic rings. The van der Waals surface area contributed by atoms with Crippen LogP contribution in [-0.2, 0) is 0 Å². The molecule has 31 heavy (non-hydrogen) atoms. The zero-order valence-corrected chi connectivity index (χ0v) is 18.2. The van der Waals surface area contributed by atoms with Crippen LogP contribution in [0.2, 0.25) is 0 Å². The van der Waals surface area contributed by atoms with Gasteiger partial charge in [0.05, 0.1) is 28.0 Å². The lowest BCUT2D eigenvalue weighted by atomic mass is 10.1. The summed E-state index contributed by atoms with van der Waals surface area (Å²) in [6.45, 7) is 1.26. The van der Waals surface area contributed by atoms with Gasteiger partial charge in [0.2, 0.25) is 0 Å². The molecule has 5 heterocycles. The molecule has 1 aliphatic heterocycles. The first-order chi connectivity index (χ1) is 15.0. The van der Waals surface area contributed by atoms with Gasteiger partial charge < -0.3 is 15.5 Å². The molecule has 1 atom stereocenters. The van der Waals surface area contributed by atoms with Crippen molar-refractivity contribution in [3.8, 4) is 21.8 Å². The second-order valence-electron chi connectivity index (χ2n) is 7.91. The molecule has 1 saturated heterocycles. The van der Waals surface area contributed by atoms with Gasteiger partial charge in [0.15, 0.2) is 5.65 Å². The molecule has 0 saturated carbocycles. The molecular weight excluding hydrogens is 410 g/mol. The fourth-order valence-corrected chi connectivity index (χ4v) is 4.47. The number of thiophene rings is 1. The Labute approximate surface area is 184 Å². The van der Waals surface area contributed by atoms with E-state index >= 15 is 0 Å². The van der Waals surface area contributed by atoms with Crippen LogP contribution in [0, 0.1) is 0 Å². The minimum absolute atomic E-state index is 0.0246. The van der Waals surface area contributed by atoms with Gasteiger partial charge >= 0.3 is 0 Å². The van der Waals surface area contributed by atoms with Crippen LogP contribution in [0.4, 0.5) is 5.82 Å². The van der Waals surface area contributed by atoms with Crippen LogP contribution in [-0.4, -0.2) is 63.6 Å². The van der Waals surface area contributed by atoms with Crippen molar-refractivity contribution in [2.24, 2.45) is 5.73 Å². The number of hydrogen-bond donors (Lipinski definition) is 1. The maximum atomic E-state index is 13.2. The van der Waals surface area contributed by atoms with Crippen LogP contribution in [0.1, 0.15) is 16.8 Å². The van der Waals surface area contributed by atoms with Crippen LogP contribution in [0.3, 0.4) is 0 Å². The first-order valence-electron chi connectivity index (χ1n) is 10.1. The average molecular weight is 434 g/mol. The number of carbonyl (C=O) groups is 1. The number of carbonyl (C=O) groups excluding carboxylic acids is 1. The molecular formula is C22H23N7OS. The molecule has 0 aromatic carbocycles. The highest BCUT2D eigenvalue weighted by atomic mass is 32.1. The Kier molecular flexibility index (Phi) is 4.91. The lowest BCUT2D eigenvalue weighted by Crippen LogP contribution is -2.32. The lowest BCUT2D eigenvalue weighted by Gasteiger charge is -2.19. The lowest BCUT2D eigenvalue weighted by molar-refractivity contribution is 0.0791. The first-order valence-corrected chi connectivity index (χ1v) is 11.0. The highest BCUT2D eigenvalue weighted by molar-refractivity contribution is 7.13. The molecule has 9 heteroatoms. The number of amides is 1. The second kappa shape index (κ2) is 7.75. The molecule has 0 unspecified atom stereocenters. The molecule has 5 rings (SSSR count). The van der Waals surface area contributed by atoms with Crippen molar-refractivity contribution >= 4 is 28.7 Å². The van der Waals surface area contributed by atoms with E-state index < -0.39 is 0 Å². The monoisotopic (exact) mass is 433 g/mol. The number of aromatic nitrogens is 4. The van der Waals surface area contributed by atoms with Gasteiger partial charge in [-0.2, -0.15) is 5.10 Å². The zero-order valence-electron chi connectivity index (χ0n) is 17.4. The third-order valence-corrected chi connectivity index (χ3v) is 6.34. The van der Waals surface area contributed by atoms with Crippen LogP contribution >= 0.6 is 11.3 Å². The molecule has 0 aliphatic carbocycles. The van der Waals surface area contributed by atoms with E-state index in [4.69, 9.17) is 15.7 Å². The third kappa shape index (κ3) is 3.66. The molecule has 1 amide bonds. The molecule has 0 bridgehead atoms. The quantitative estimate of drug-likeness (QED) is 0.532. The van der Waals surface area contributed by atoms with E-state index in [1.165, 1.54) is 0 Å². The number of likely N-dealkylation sites (tertiary alicyclic amines) is 1. The number of anilines is 1. The Bertz CT molecular complexity index is 1250. The number of nitrogens with two attached hydrogens (primary N) is 1. The Morgan fingerprint density at radius 3 is 2.81 bits per heavy atom. The van der Waals surface area contributed by atoms with Crippen molar-refractivity contribution < 1.29 is 4.79 Å². The van der Waals surface area contributed by atoms with Gasteiger partial charge in [-0.3, -0.25) is 4.79 Å². The van der Waals surface area contributed by atoms with Crippen LogP contribution < -0.4 is 10.6 Å². The third-order valence-electron chi connectivity index (χ3n) is 5.45. The van der Waals surface area contributed by atoms with Crippen LogP contribution in [0.15, 0.2) is 48.1 Å². The molecule has 1 fully saturated rings.